The Balaban J connectivity index is 1.89. The molecule has 21 heavy (non-hydrogen) atoms. The third-order valence-electron chi connectivity index (χ3n) is 3.37. The Morgan fingerprint density at radius 3 is 2.48 bits per heavy atom. The number of morpholine rings is 1. The summed E-state index contributed by atoms with van der Waals surface area (Å²) >= 11 is 0. The summed E-state index contributed by atoms with van der Waals surface area (Å²) in [5, 5.41) is 6.58. The van der Waals surface area contributed by atoms with Gasteiger partial charge in [-0.25, -0.2) is 9.97 Å². The van der Waals surface area contributed by atoms with E-state index in [1.165, 1.54) is 0 Å². The molecule has 118 valence electrons. The van der Waals surface area contributed by atoms with E-state index < -0.39 is 0 Å². The fraction of sp³-hybridized carbons (Fsp3) is 0.714. The molecule has 0 aromatic carbocycles. The maximum atomic E-state index is 5.43. The average molecular weight is 295 g/mol. The molecule has 0 saturated carbocycles. The fourth-order valence-corrected chi connectivity index (χ4v) is 2.22. The second kappa shape index (κ2) is 8.63. The van der Waals surface area contributed by atoms with Gasteiger partial charge in [0.1, 0.15) is 6.33 Å². The summed E-state index contributed by atoms with van der Waals surface area (Å²) in [6.07, 6.45) is 2.59. The first kappa shape index (κ1) is 15.8. The van der Waals surface area contributed by atoms with Crippen LogP contribution in [0.15, 0.2) is 6.33 Å². The number of rotatable bonds is 8. The Morgan fingerprint density at radius 1 is 1.19 bits per heavy atom. The number of nitrogens with zero attached hydrogens (tertiary/aromatic N) is 3. The van der Waals surface area contributed by atoms with E-state index in [1.807, 2.05) is 0 Å². The molecular weight excluding hydrogens is 270 g/mol. The van der Waals surface area contributed by atoms with Crippen molar-refractivity contribution in [1.82, 2.24) is 14.9 Å². The quantitative estimate of drug-likeness (QED) is 0.742. The molecule has 7 nitrogen and oxygen atoms in total. The molecule has 1 aromatic heterocycles. The fourth-order valence-electron chi connectivity index (χ4n) is 2.22. The van der Waals surface area contributed by atoms with E-state index in [1.54, 1.807) is 13.4 Å². The Morgan fingerprint density at radius 2 is 1.86 bits per heavy atom. The second-order valence-electron chi connectivity index (χ2n) is 4.91. The Labute approximate surface area is 126 Å². The molecule has 0 unspecified atom stereocenters. The highest BCUT2D eigenvalue weighted by Gasteiger charge is 2.13. The van der Waals surface area contributed by atoms with Gasteiger partial charge in [-0.1, -0.05) is 6.92 Å². The average Bonchev–Trinajstić information content (AvgIpc) is 2.54. The van der Waals surface area contributed by atoms with Crippen LogP contribution < -0.4 is 15.4 Å². The van der Waals surface area contributed by atoms with Gasteiger partial charge in [-0.15, -0.1) is 0 Å². The highest BCUT2D eigenvalue weighted by Crippen LogP contribution is 2.28. The van der Waals surface area contributed by atoms with E-state index in [2.05, 4.69) is 32.4 Å². The van der Waals surface area contributed by atoms with E-state index in [-0.39, 0.29) is 0 Å². The van der Waals surface area contributed by atoms with Gasteiger partial charge in [0.25, 0.3) is 0 Å². The summed E-state index contributed by atoms with van der Waals surface area (Å²) in [6.45, 7) is 8.39. The van der Waals surface area contributed by atoms with Gasteiger partial charge in [-0.2, -0.15) is 0 Å². The van der Waals surface area contributed by atoms with E-state index >= 15 is 0 Å². The lowest BCUT2D eigenvalue weighted by atomic mass is 10.4. The van der Waals surface area contributed by atoms with Crippen LogP contribution in [0.3, 0.4) is 0 Å². The monoisotopic (exact) mass is 295 g/mol. The standard InChI is InChI=1S/C14H25N5O2/c1-3-4-15-13-12(20-2)14(18-11-17-13)16-5-6-19-7-9-21-10-8-19/h11H,3-10H2,1-2H3,(H2,15,16,17,18). The number of anilines is 2. The van der Waals surface area contributed by atoms with E-state index in [9.17, 15) is 0 Å². The number of methoxy groups -OCH3 is 1. The molecule has 2 N–H and O–H groups in total. The van der Waals surface area contributed by atoms with Crippen molar-refractivity contribution in [2.24, 2.45) is 0 Å². The first-order valence-electron chi connectivity index (χ1n) is 7.52. The topological polar surface area (TPSA) is 71.5 Å². The summed E-state index contributed by atoms with van der Waals surface area (Å²) in [7, 11) is 1.64. The molecule has 0 atom stereocenters. The van der Waals surface area contributed by atoms with E-state index in [0.717, 1.165) is 64.0 Å². The van der Waals surface area contributed by atoms with Gasteiger partial charge in [-0.3, -0.25) is 4.90 Å². The van der Waals surface area contributed by atoms with E-state index in [0.29, 0.717) is 5.75 Å². The highest BCUT2D eigenvalue weighted by molar-refractivity contribution is 5.63. The van der Waals surface area contributed by atoms with Crippen molar-refractivity contribution in [2.75, 3.05) is 63.7 Å². The second-order valence-corrected chi connectivity index (χ2v) is 4.91. The molecule has 0 spiro atoms. The molecule has 0 bridgehead atoms. The molecule has 7 heteroatoms. The number of hydrogen-bond donors (Lipinski definition) is 2. The predicted octanol–water partition coefficient (Wildman–Crippen LogP) is 1.05. The molecular formula is C14H25N5O2. The first-order chi connectivity index (χ1) is 10.3. The minimum Gasteiger partial charge on any atom is -0.490 e. The van der Waals surface area contributed by atoms with Crippen molar-refractivity contribution in [1.29, 1.82) is 0 Å². The first-order valence-corrected chi connectivity index (χ1v) is 7.52. The van der Waals surface area contributed by atoms with Crippen LogP contribution in [0.4, 0.5) is 11.6 Å². The molecule has 1 aliphatic heterocycles. The van der Waals surface area contributed by atoms with Gasteiger partial charge in [-0.05, 0) is 6.42 Å². The van der Waals surface area contributed by atoms with Crippen LogP contribution in [-0.4, -0.2) is 67.9 Å². The summed E-state index contributed by atoms with van der Waals surface area (Å²) in [5.74, 6) is 2.15. The molecule has 1 aliphatic rings. The Kier molecular flexibility index (Phi) is 6.49. The summed E-state index contributed by atoms with van der Waals surface area (Å²) < 4.78 is 10.8. The number of ether oxygens (including phenoxy) is 2. The summed E-state index contributed by atoms with van der Waals surface area (Å²) in [6, 6.07) is 0. The largest absolute Gasteiger partial charge is 0.490 e. The maximum absolute atomic E-state index is 5.43. The van der Waals surface area contributed by atoms with Crippen molar-refractivity contribution in [3.8, 4) is 5.75 Å². The van der Waals surface area contributed by atoms with Gasteiger partial charge >= 0.3 is 0 Å². The molecule has 1 saturated heterocycles. The summed E-state index contributed by atoms with van der Waals surface area (Å²) in [4.78, 5) is 10.9. The van der Waals surface area contributed by atoms with Crippen LogP contribution in [0, 0.1) is 0 Å². The van der Waals surface area contributed by atoms with Crippen LogP contribution in [0.1, 0.15) is 13.3 Å². The molecule has 0 radical (unpaired) electrons. The molecule has 0 aliphatic carbocycles. The van der Waals surface area contributed by atoms with Crippen molar-refractivity contribution in [2.45, 2.75) is 13.3 Å². The maximum Gasteiger partial charge on any atom is 0.204 e. The number of nitrogens with one attached hydrogen (secondary N) is 2. The molecule has 1 aromatic rings. The van der Waals surface area contributed by atoms with Gasteiger partial charge in [0.05, 0.1) is 20.3 Å². The zero-order valence-corrected chi connectivity index (χ0v) is 12.9. The third kappa shape index (κ3) is 4.71. The molecule has 0 amide bonds. The van der Waals surface area contributed by atoms with Crippen molar-refractivity contribution >= 4 is 11.6 Å². The van der Waals surface area contributed by atoms with Gasteiger partial charge in [0.15, 0.2) is 11.6 Å². The lowest BCUT2D eigenvalue weighted by Crippen LogP contribution is -2.39. The van der Waals surface area contributed by atoms with Gasteiger partial charge in [0, 0.05) is 32.7 Å². The van der Waals surface area contributed by atoms with Gasteiger partial charge < -0.3 is 20.1 Å². The van der Waals surface area contributed by atoms with Crippen molar-refractivity contribution in [3.63, 3.8) is 0 Å². The Hall–Kier alpha value is -1.60. The molecule has 2 heterocycles. The van der Waals surface area contributed by atoms with Crippen LogP contribution in [0.2, 0.25) is 0 Å². The minimum absolute atomic E-state index is 0.674. The van der Waals surface area contributed by atoms with Crippen molar-refractivity contribution in [3.05, 3.63) is 6.33 Å². The number of hydrogen-bond acceptors (Lipinski definition) is 7. The van der Waals surface area contributed by atoms with Crippen LogP contribution in [0.5, 0.6) is 5.75 Å². The third-order valence-corrected chi connectivity index (χ3v) is 3.37. The van der Waals surface area contributed by atoms with Gasteiger partial charge in [0.2, 0.25) is 5.75 Å². The Bertz CT molecular complexity index is 424. The zero-order chi connectivity index (χ0) is 14.9. The molecule has 2 rings (SSSR count). The SMILES string of the molecule is CCCNc1ncnc(NCCN2CCOCC2)c1OC. The van der Waals surface area contributed by atoms with Crippen LogP contribution in [0.25, 0.3) is 0 Å². The summed E-state index contributed by atoms with van der Waals surface area (Å²) in [5.41, 5.74) is 0. The zero-order valence-electron chi connectivity index (χ0n) is 12.9. The lowest BCUT2D eigenvalue weighted by Gasteiger charge is -2.26. The van der Waals surface area contributed by atoms with E-state index in [4.69, 9.17) is 9.47 Å². The predicted molar refractivity (Wildman–Crippen MR) is 83.1 cm³/mol. The minimum atomic E-state index is 0.674. The van der Waals surface area contributed by atoms with Crippen LogP contribution >= 0.6 is 0 Å². The van der Waals surface area contributed by atoms with Crippen LogP contribution in [-0.2, 0) is 4.74 Å². The smallest absolute Gasteiger partial charge is 0.204 e. The highest BCUT2D eigenvalue weighted by atomic mass is 16.5. The number of aromatic nitrogens is 2. The molecule has 1 fully saturated rings. The normalized spacial score (nSPS) is 15.7. The lowest BCUT2D eigenvalue weighted by molar-refractivity contribution is 0.0398. The van der Waals surface area contributed by atoms with Crippen molar-refractivity contribution < 1.29 is 9.47 Å².